The van der Waals surface area contributed by atoms with E-state index in [4.69, 9.17) is 27.9 Å². The summed E-state index contributed by atoms with van der Waals surface area (Å²) in [6, 6.07) is 6.59. The van der Waals surface area contributed by atoms with E-state index in [9.17, 15) is 18.0 Å². The minimum absolute atomic E-state index is 0.0835. The fraction of sp³-hybridized carbons (Fsp3) is 0.312. The van der Waals surface area contributed by atoms with Crippen LogP contribution in [0.4, 0.5) is 13.2 Å². The molecule has 1 aromatic rings. The van der Waals surface area contributed by atoms with Crippen molar-refractivity contribution in [2.45, 2.75) is 13.1 Å². The van der Waals surface area contributed by atoms with Crippen molar-refractivity contribution >= 4 is 45.0 Å². The molecular weight excluding hydrogens is 446 g/mol. The van der Waals surface area contributed by atoms with Crippen LogP contribution in [0.2, 0.25) is 5.02 Å². The molecule has 2 rings (SSSR count). The molecule has 0 fully saturated rings. The molecule has 2 unspecified atom stereocenters. The second-order valence-electron chi connectivity index (χ2n) is 5.37. The number of carbonyl (C=O) groups excluding carboxylic acids is 1. The van der Waals surface area contributed by atoms with Gasteiger partial charge >= 0.3 is 12.1 Å². The number of alkyl halides is 4. The minimum Gasteiger partial charge on any atom is -0.460 e. The first-order valence-corrected chi connectivity index (χ1v) is 9.00. The molecule has 0 spiro atoms. The molecule has 0 saturated heterocycles. The number of carbonyl (C=O) groups is 1. The maximum atomic E-state index is 12.5. The third kappa shape index (κ3) is 4.92. The largest absolute Gasteiger partial charge is 0.471 e. The van der Waals surface area contributed by atoms with Gasteiger partial charge < -0.3 is 10.1 Å². The topological polar surface area (TPSA) is 38.3 Å². The Morgan fingerprint density at radius 1 is 1.28 bits per heavy atom. The normalized spacial score (nSPS) is 21.0. The molecule has 1 amide bonds. The predicted molar refractivity (Wildman–Crippen MR) is 93.7 cm³/mol. The SMILES string of the molecule is CC1C(Oc2ccc(Cl)cc2)=C(Cl)C=C(NC(=O)C(F)(F)F)C1CBr. The summed E-state index contributed by atoms with van der Waals surface area (Å²) in [5.74, 6) is -1.96. The highest BCUT2D eigenvalue weighted by Crippen LogP contribution is 2.38. The van der Waals surface area contributed by atoms with Crippen molar-refractivity contribution in [3.05, 3.63) is 51.9 Å². The van der Waals surface area contributed by atoms with Gasteiger partial charge in [-0.25, -0.2) is 0 Å². The summed E-state index contributed by atoms with van der Waals surface area (Å²) in [7, 11) is 0. The number of allylic oxidation sites excluding steroid dienone is 4. The number of benzene rings is 1. The zero-order valence-corrected chi connectivity index (χ0v) is 15.9. The van der Waals surface area contributed by atoms with Gasteiger partial charge in [-0.3, -0.25) is 4.79 Å². The fourth-order valence-corrected chi connectivity index (χ4v) is 3.67. The number of amides is 1. The van der Waals surface area contributed by atoms with Crippen molar-refractivity contribution < 1.29 is 22.7 Å². The average molecular weight is 459 g/mol. The Morgan fingerprint density at radius 2 is 1.88 bits per heavy atom. The van der Waals surface area contributed by atoms with Crippen LogP contribution in [-0.4, -0.2) is 17.4 Å². The molecule has 9 heteroatoms. The molecule has 25 heavy (non-hydrogen) atoms. The van der Waals surface area contributed by atoms with Gasteiger partial charge in [0.2, 0.25) is 0 Å². The molecule has 0 heterocycles. The summed E-state index contributed by atoms with van der Waals surface area (Å²) in [5, 5.41) is 2.87. The Bertz CT molecular complexity index is 717. The standard InChI is InChI=1S/C16H13BrCl2F3NO2/c1-8-11(7-17)13(23-15(24)16(20,21)22)6-12(19)14(8)25-10-4-2-9(18)3-5-10/h2-6,8,11H,7H2,1H3,(H,23,24). The van der Waals surface area contributed by atoms with Gasteiger partial charge in [-0.2, -0.15) is 13.2 Å². The summed E-state index contributed by atoms with van der Waals surface area (Å²) in [5.41, 5.74) is 0.0835. The number of ether oxygens (including phenoxy) is 1. The lowest BCUT2D eigenvalue weighted by Crippen LogP contribution is -2.40. The third-order valence-corrected chi connectivity index (χ3v) is 4.90. The zero-order chi connectivity index (χ0) is 18.8. The van der Waals surface area contributed by atoms with Gasteiger partial charge in [0.05, 0.1) is 5.03 Å². The first kappa shape index (κ1) is 20.1. The fourth-order valence-electron chi connectivity index (χ4n) is 2.30. The number of nitrogens with one attached hydrogen (secondary N) is 1. The highest BCUT2D eigenvalue weighted by molar-refractivity contribution is 9.09. The van der Waals surface area contributed by atoms with Crippen LogP contribution in [0.1, 0.15) is 6.92 Å². The van der Waals surface area contributed by atoms with E-state index < -0.39 is 18.0 Å². The van der Waals surface area contributed by atoms with E-state index in [1.807, 2.05) is 5.32 Å². The van der Waals surface area contributed by atoms with Crippen LogP contribution in [0.5, 0.6) is 5.75 Å². The van der Waals surface area contributed by atoms with Gasteiger partial charge in [0, 0.05) is 27.9 Å². The summed E-state index contributed by atoms with van der Waals surface area (Å²) in [4.78, 5) is 11.2. The third-order valence-electron chi connectivity index (χ3n) is 3.66. The molecule has 1 aliphatic rings. The van der Waals surface area contributed by atoms with Crippen molar-refractivity contribution in [2.24, 2.45) is 11.8 Å². The van der Waals surface area contributed by atoms with Crippen molar-refractivity contribution in [3.8, 4) is 5.75 Å². The van der Waals surface area contributed by atoms with Crippen molar-refractivity contribution in [1.29, 1.82) is 0 Å². The zero-order valence-electron chi connectivity index (χ0n) is 12.8. The quantitative estimate of drug-likeness (QED) is 0.614. The molecule has 3 nitrogen and oxygen atoms in total. The second kappa shape index (κ2) is 8.01. The molecule has 2 atom stereocenters. The number of halogens is 6. The number of rotatable bonds is 4. The van der Waals surface area contributed by atoms with E-state index in [0.717, 1.165) is 0 Å². The van der Waals surface area contributed by atoms with Crippen LogP contribution < -0.4 is 10.1 Å². The Balaban J connectivity index is 2.30. The smallest absolute Gasteiger partial charge is 0.460 e. The molecule has 1 N–H and O–H groups in total. The summed E-state index contributed by atoms with van der Waals surface area (Å²) >= 11 is 15.3. The molecule has 0 aliphatic heterocycles. The van der Waals surface area contributed by atoms with Gasteiger partial charge in [-0.1, -0.05) is 46.1 Å². The van der Waals surface area contributed by atoms with Crippen molar-refractivity contribution in [3.63, 3.8) is 0 Å². The van der Waals surface area contributed by atoms with Crippen LogP contribution in [0.25, 0.3) is 0 Å². The average Bonchev–Trinajstić information content (AvgIpc) is 2.52. The number of hydrogen-bond acceptors (Lipinski definition) is 2. The maximum absolute atomic E-state index is 12.5. The molecule has 0 radical (unpaired) electrons. The molecule has 1 aromatic carbocycles. The van der Waals surface area contributed by atoms with Crippen molar-refractivity contribution in [1.82, 2.24) is 5.32 Å². The van der Waals surface area contributed by atoms with Gasteiger partial charge in [0.15, 0.2) is 0 Å². The summed E-state index contributed by atoms with van der Waals surface area (Å²) < 4.78 is 43.3. The van der Waals surface area contributed by atoms with E-state index in [0.29, 0.717) is 21.9 Å². The van der Waals surface area contributed by atoms with E-state index >= 15 is 0 Å². The molecule has 1 aliphatic carbocycles. The van der Waals surface area contributed by atoms with Gasteiger partial charge in [-0.05, 0) is 30.3 Å². The van der Waals surface area contributed by atoms with E-state index in [2.05, 4.69) is 15.9 Å². The van der Waals surface area contributed by atoms with Crippen molar-refractivity contribution in [2.75, 3.05) is 5.33 Å². The first-order valence-electron chi connectivity index (χ1n) is 7.12. The van der Waals surface area contributed by atoms with Gasteiger partial charge in [0.25, 0.3) is 0 Å². The van der Waals surface area contributed by atoms with Crippen LogP contribution in [0.15, 0.2) is 46.8 Å². The Kier molecular flexibility index (Phi) is 6.45. The first-order chi connectivity index (χ1) is 11.6. The lowest BCUT2D eigenvalue weighted by atomic mass is 9.86. The second-order valence-corrected chi connectivity index (χ2v) is 6.86. The number of hydrogen-bond donors (Lipinski definition) is 1. The van der Waals surface area contributed by atoms with E-state index in [-0.39, 0.29) is 16.6 Å². The summed E-state index contributed by atoms with van der Waals surface area (Å²) in [6.45, 7) is 1.76. The monoisotopic (exact) mass is 457 g/mol. The Morgan fingerprint density at radius 3 is 2.40 bits per heavy atom. The van der Waals surface area contributed by atoms with Crippen LogP contribution in [-0.2, 0) is 4.79 Å². The Labute approximate surface area is 160 Å². The Hall–Kier alpha value is -1.18. The minimum atomic E-state index is -4.97. The molecule has 0 bridgehead atoms. The predicted octanol–water partition coefficient (Wildman–Crippen LogP) is 5.39. The van der Waals surface area contributed by atoms with Crippen LogP contribution in [0, 0.1) is 11.8 Å². The van der Waals surface area contributed by atoms with E-state index in [1.165, 1.54) is 6.08 Å². The van der Waals surface area contributed by atoms with Gasteiger partial charge in [-0.15, -0.1) is 0 Å². The molecule has 0 aromatic heterocycles. The highest BCUT2D eigenvalue weighted by atomic mass is 79.9. The van der Waals surface area contributed by atoms with E-state index in [1.54, 1.807) is 31.2 Å². The van der Waals surface area contributed by atoms with Crippen LogP contribution >= 0.6 is 39.1 Å². The molecule has 0 saturated carbocycles. The lowest BCUT2D eigenvalue weighted by molar-refractivity contribution is -0.172. The maximum Gasteiger partial charge on any atom is 0.471 e. The highest BCUT2D eigenvalue weighted by Gasteiger charge is 2.41. The molecule has 136 valence electrons. The van der Waals surface area contributed by atoms with Crippen LogP contribution in [0.3, 0.4) is 0 Å². The molecular formula is C16H13BrCl2F3NO2. The lowest BCUT2D eigenvalue weighted by Gasteiger charge is -2.31. The summed E-state index contributed by atoms with van der Waals surface area (Å²) in [6.07, 6.45) is -3.69. The van der Waals surface area contributed by atoms with Gasteiger partial charge in [0.1, 0.15) is 11.5 Å².